The molecule has 14 heavy (non-hydrogen) atoms. The van der Waals surface area contributed by atoms with Gasteiger partial charge in [-0.15, -0.1) is 0 Å². The van der Waals surface area contributed by atoms with Gasteiger partial charge in [0.1, 0.15) is 0 Å². The zero-order chi connectivity index (χ0) is 10.8. The number of piperidine rings is 1. The number of hydrogen-bond acceptors (Lipinski definition) is 3. The van der Waals surface area contributed by atoms with Gasteiger partial charge in [-0.25, -0.2) is 8.42 Å². The summed E-state index contributed by atoms with van der Waals surface area (Å²) in [5.74, 6) is 0. The third-order valence-electron chi connectivity index (χ3n) is 2.83. The van der Waals surface area contributed by atoms with Crippen LogP contribution in [0.5, 0.6) is 0 Å². The van der Waals surface area contributed by atoms with E-state index in [0.717, 1.165) is 25.9 Å². The van der Waals surface area contributed by atoms with Crippen molar-refractivity contribution in [2.24, 2.45) is 0 Å². The molecule has 0 aromatic rings. The average molecular weight is 220 g/mol. The Labute approximate surface area is 86.9 Å². The molecule has 0 bridgehead atoms. The second kappa shape index (κ2) is 4.59. The Balaban J connectivity index is 2.63. The molecule has 1 heterocycles. The summed E-state index contributed by atoms with van der Waals surface area (Å²) in [4.78, 5) is 2.24. The third-order valence-corrected chi connectivity index (χ3v) is 4.24. The van der Waals surface area contributed by atoms with Crippen LogP contribution in [-0.2, 0) is 10.0 Å². The van der Waals surface area contributed by atoms with E-state index < -0.39 is 10.0 Å². The SMILES string of the molecule is CCN(C1CCN(C)CC1)S(C)(=O)=O. The first kappa shape index (κ1) is 11.9. The molecule has 0 aromatic carbocycles. The summed E-state index contributed by atoms with van der Waals surface area (Å²) in [6.45, 7) is 4.49. The lowest BCUT2D eigenvalue weighted by Crippen LogP contribution is -2.45. The van der Waals surface area contributed by atoms with Crippen LogP contribution in [0.1, 0.15) is 19.8 Å². The van der Waals surface area contributed by atoms with Crippen molar-refractivity contribution in [3.05, 3.63) is 0 Å². The van der Waals surface area contributed by atoms with E-state index in [1.165, 1.54) is 6.26 Å². The standard InChI is InChI=1S/C9H20N2O2S/c1-4-11(14(3,12)13)9-5-7-10(2)8-6-9/h9H,4-8H2,1-3H3. The van der Waals surface area contributed by atoms with Crippen molar-refractivity contribution in [1.29, 1.82) is 0 Å². The summed E-state index contributed by atoms with van der Waals surface area (Å²) in [5, 5.41) is 0. The summed E-state index contributed by atoms with van der Waals surface area (Å²) in [5.41, 5.74) is 0. The maximum atomic E-state index is 11.5. The lowest BCUT2D eigenvalue weighted by Gasteiger charge is -2.35. The molecule has 0 aliphatic carbocycles. The predicted molar refractivity (Wildman–Crippen MR) is 57.7 cm³/mol. The summed E-state index contributed by atoms with van der Waals surface area (Å²) in [6.07, 6.45) is 3.21. The lowest BCUT2D eigenvalue weighted by atomic mass is 10.1. The summed E-state index contributed by atoms with van der Waals surface area (Å²) >= 11 is 0. The van der Waals surface area contributed by atoms with Gasteiger partial charge in [-0.3, -0.25) is 0 Å². The van der Waals surface area contributed by atoms with Crippen LogP contribution in [0.4, 0.5) is 0 Å². The van der Waals surface area contributed by atoms with Crippen molar-refractivity contribution in [2.75, 3.05) is 32.9 Å². The van der Waals surface area contributed by atoms with Crippen molar-refractivity contribution >= 4 is 10.0 Å². The van der Waals surface area contributed by atoms with Crippen molar-refractivity contribution in [1.82, 2.24) is 9.21 Å². The first-order valence-electron chi connectivity index (χ1n) is 5.10. The summed E-state index contributed by atoms with van der Waals surface area (Å²) < 4.78 is 24.5. The first-order valence-corrected chi connectivity index (χ1v) is 6.95. The minimum absolute atomic E-state index is 0.214. The Morgan fingerprint density at radius 2 is 1.86 bits per heavy atom. The molecule has 84 valence electrons. The molecule has 0 unspecified atom stereocenters. The molecule has 0 aromatic heterocycles. The van der Waals surface area contributed by atoms with Crippen LogP contribution in [0.15, 0.2) is 0 Å². The minimum Gasteiger partial charge on any atom is -0.306 e. The highest BCUT2D eigenvalue weighted by Crippen LogP contribution is 2.17. The van der Waals surface area contributed by atoms with E-state index in [4.69, 9.17) is 0 Å². The van der Waals surface area contributed by atoms with Gasteiger partial charge in [0.25, 0.3) is 0 Å². The van der Waals surface area contributed by atoms with Crippen LogP contribution in [0.2, 0.25) is 0 Å². The number of nitrogens with zero attached hydrogens (tertiary/aromatic N) is 2. The first-order chi connectivity index (χ1) is 6.45. The molecule has 0 N–H and O–H groups in total. The van der Waals surface area contributed by atoms with Gasteiger partial charge in [-0.2, -0.15) is 4.31 Å². The van der Waals surface area contributed by atoms with Gasteiger partial charge in [0, 0.05) is 12.6 Å². The molecule has 1 rings (SSSR count). The fraction of sp³-hybridized carbons (Fsp3) is 1.00. The number of rotatable bonds is 3. The van der Waals surface area contributed by atoms with E-state index in [9.17, 15) is 8.42 Å². The Morgan fingerprint density at radius 3 is 2.21 bits per heavy atom. The van der Waals surface area contributed by atoms with Gasteiger partial charge in [0.2, 0.25) is 10.0 Å². The molecule has 1 saturated heterocycles. The van der Waals surface area contributed by atoms with Crippen LogP contribution in [0, 0.1) is 0 Å². The second-order valence-electron chi connectivity index (χ2n) is 4.00. The largest absolute Gasteiger partial charge is 0.306 e. The van der Waals surface area contributed by atoms with Crippen LogP contribution < -0.4 is 0 Å². The monoisotopic (exact) mass is 220 g/mol. The van der Waals surface area contributed by atoms with E-state index in [1.807, 2.05) is 6.92 Å². The predicted octanol–water partition coefficient (Wildman–Crippen LogP) is 0.362. The molecule has 0 spiro atoms. The normalized spacial score (nSPS) is 21.7. The zero-order valence-corrected chi connectivity index (χ0v) is 10.0. The molecular weight excluding hydrogens is 200 g/mol. The topological polar surface area (TPSA) is 40.6 Å². The highest BCUT2D eigenvalue weighted by Gasteiger charge is 2.27. The molecule has 4 nitrogen and oxygen atoms in total. The Hall–Kier alpha value is -0.130. The summed E-state index contributed by atoms with van der Waals surface area (Å²) in [7, 11) is -0.941. The van der Waals surface area contributed by atoms with Crippen molar-refractivity contribution in [3.63, 3.8) is 0 Å². The van der Waals surface area contributed by atoms with Crippen molar-refractivity contribution in [3.8, 4) is 0 Å². The van der Waals surface area contributed by atoms with Crippen molar-refractivity contribution in [2.45, 2.75) is 25.8 Å². The molecule has 0 radical (unpaired) electrons. The highest BCUT2D eigenvalue weighted by atomic mass is 32.2. The van der Waals surface area contributed by atoms with Crippen LogP contribution in [-0.4, -0.2) is 56.6 Å². The number of hydrogen-bond donors (Lipinski definition) is 0. The maximum absolute atomic E-state index is 11.5. The molecule has 1 aliphatic heterocycles. The van der Waals surface area contributed by atoms with E-state index in [1.54, 1.807) is 4.31 Å². The third kappa shape index (κ3) is 2.93. The van der Waals surface area contributed by atoms with E-state index in [-0.39, 0.29) is 6.04 Å². The maximum Gasteiger partial charge on any atom is 0.211 e. The van der Waals surface area contributed by atoms with Gasteiger partial charge >= 0.3 is 0 Å². The van der Waals surface area contributed by atoms with Crippen LogP contribution in [0.3, 0.4) is 0 Å². The van der Waals surface area contributed by atoms with Crippen LogP contribution >= 0.6 is 0 Å². The molecular formula is C9H20N2O2S. The van der Waals surface area contributed by atoms with Crippen molar-refractivity contribution < 1.29 is 8.42 Å². The van der Waals surface area contributed by atoms with E-state index >= 15 is 0 Å². The molecule has 1 aliphatic rings. The quantitative estimate of drug-likeness (QED) is 0.689. The Kier molecular flexibility index (Phi) is 3.92. The van der Waals surface area contributed by atoms with E-state index in [2.05, 4.69) is 11.9 Å². The molecule has 0 amide bonds. The molecule has 0 atom stereocenters. The Bertz CT molecular complexity index is 269. The average Bonchev–Trinajstić information content (AvgIpc) is 2.07. The molecule has 0 saturated carbocycles. The summed E-state index contributed by atoms with van der Waals surface area (Å²) in [6, 6.07) is 0.214. The fourth-order valence-electron chi connectivity index (χ4n) is 2.05. The van der Waals surface area contributed by atoms with Gasteiger partial charge in [-0.05, 0) is 33.0 Å². The second-order valence-corrected chi connectivity index (χ2v) is 5.94. The smallest absolute Gasteiger partial charge is 0.211 e. The highest BCUT2D eigenvalue weighted by molar-refractivity contribution is 7.88. The zero-order valence-electron chi connectivity index (χ0n) is 9.23. The van der Waals surface area contributed by atoms with Gasteiger partial charge < -0.3 is 4.90 Å². The Morgan fingerprint density at radius 1 is 1.36 bits per heavy atom. The van der Waals surface area contributed by atoms with Gasteiger partial charge in [-0.1, -0.05) is 6.92 Å². The van der Waals surface area contributed by atoms with Gasteiger partial charge in [0.05, 0.1) is 6.26 Å². The van der Waals surface area contributed by atoms with Crippen LogP contribution in [0.25, 0.3) is 0 Å². The van der Waals surface area contributed by atoms with E-state index in [0.29, 0.717) is 6.54 Å². The van der Waals surface area contributed by atoms with Gasteiger partial charge in [0.15, 0.2) is 0 Å². The lowest BCUT2D eigenvalue weighted by molar-refractivity contribution is 0.187. The molecule has 1 fully saturated rings. The number of sulfonamides is 1. The minimum atomic E-state index is -3.02. The fourth-order valence-corrected chi connectivity index (χ4v) is 3.27. The number of likely N-dealkylation sites (tertiary alicyclic amines) is 1. The molecule has 5 heteroatoms.